The quantitative estimate of drug-likeness (QED) is 0.483. The second-order valence-electron chi connectivity index (χ2n) is 8.14. The Hall–Kier alpha value is -1.93. The Kier molecular flexibility index (Phi) is 7.85. The topological polar surface area (TPSA) is 20.3 Å². The summed E-state index contributed by atoms with van der Waals surface area (Å²) in [5.41, 5.74) is 5.04. The molecule has 0 saturated carbocycles. The van der Waals surface area contributed by atoms with Gasteiger partial charge < -0.3 is 4.90 Å². The zero-order valence-electron chi connectivity index (χ0n) is 17.6. The number of aryl methyl sites for hydroxylation is 2. The molecular formula is C26H35NO. The van der Waals surface area contributed by atoms with Crippen LogP contribution >= 0.6 is 0 Å². The normalized spacial score (nSPS) is 16.2. The maximum Gasteiger partial charge on any atom is 0.163 e. The number of ketones is 1. The van der Waals surface area contributed by atoms with Gasteiger partial charge in [0.2, 0.25) is 0 Å². The molecule has 1 aliphatic carbocycles. The second kappa shape index (κ2) is 10.6. The number of Topliss-reactive ketones (excluding diaryl/α,β-unsaturated/α-hetero) is 1. The lowest BCUT2D eigenvalue weighted by molar-refractivity contribution is 0.0977. The molecule has 2 nitrogen and oxygen atoms in total. The highest BCUT2D eigenvalue weighted by molar-refractivity contribution is 5.97. The summed E-state index contributed by atoms with van der Waals surface area (Å²) in [7, 11) is 0. The van der Waals surface area contributed by atoms with Gasteiger partial charge in [0.05, 0.1) is 0 Å². The van der Waals surface area contributed by atoms with Crippen molar-refractivity contribution in [3.05, 3.63) is 70.8 Å². The van der Waals surface area contributed by atoms with Crippen molar-refractivity contribution in [1.82, 2.24) is 4.90 Å². The molecule has 2 heteroatoms. The van der Waals surface area contributed by atoms with E-state index in [-0.39, 0.29) is 0 Å². The maximum atomic E-state index is 13.0. The maximum absolute atomic E-state index is 13.0. The Balaban J connectivity index is 1.67. The van der Waals surface area contributed by atoms with Crippen LogP contribution in [0.4, 0.5) is 0 Å². The van der Waals surface area contributed by atoms with Gasteiger partial charge in [-0.05, 0) is 74.7 Å². The fourth-order valence-corrected chi connectivity index (χ4v) is 4.63. The molecule has 0 aromatic heterocycles. The average Bonchev–Trinajstić information content (AvgIpc) is 2.73. The van der Waals surface area contributed by atoms with E-state index in [1.165, 1.54) is 49.0 Å². The van der Waals surface area contributed by atoms with E-state index < -0.39 is 0 Å². The van der Waals surface area contributed by atoms with Crippen molar-refractivity contribution >= 4 is 5.78 Å². The number of carbonyl (C=O) groups excluding carboxylic acids is 1. The monoisotopic (exact) mass is 377 g/mol. The van der Waals surface area contributed by atoms with Crippen LogP contribution in [0, 0.1) is 0 Å². The van der Waals surface area contributed by atoms with Crippen LogP contribution in [0.25, 0.3) is 0 Å². The number of benzene rings is 2. The Morgan fingerprint density at radius 3 is 2.46 bits per heavy atom. The van der Waals surface area contributed by atoms with Crippen LogP contribution in [0.5, 0.6) is 0 Å². The molecular weight excluding hydrogens is 342 g/mol. The summed E-state index contributed by atoms with van der Waals surface area (Å²) in [6, 6.07) is 17.5. The predicted molar refractivity (Wildman–Crippen MR) is 118 cm³/mol. The Labute approximate surface area is 171 Å². The van der Waals surface area contributed by atoms with Crippen molar-refractivity contribution in [3.8, 4) is 0 Å². The highest BCUT2D eigenvalue weighted by Crippen LogP contribution is 2.29. The number of fused-ring (bicyclic) bond motifs is 1. The van der Waals surface area contributed by atoms with Gasteiger partial charge in [0.1, 0.15) is 0 Å². The summed E-state index contributed by atoms with van der Waals surface area (Å²) in [6.07, 6.45) is 8.30. The molecule has 28 heavy (non-hydrogen) atoms. The molecule has 0 bridgehead atoms. The lowest BCUT2D eigenvalue weighted by Gasteiger charge is -2.35. The zero-order valence-corrected chi connectivity index (χ0v) is 17.6. The number of rotatable bonds is 10. The van der Waals surface area contributed by atoms with Gasteiger partial charge in [0, 0.05) is 18.0 Å². The Morgan fingerprint density at radius 1 is 1.00 bits per heavy atom. The van der Waals surface area contributed by atoms with E-state index in [9.17, 15) is 4.79 Å². The first kappa shape index (κ1) is 20.8. The highest BCUT2D eigenvalue weighted by Gasteiger charge is 2.26. The smallest absolute Gasteiger partial charge is 0.163 e. The molecule has 0 aliphatic heterocycles. The van der Waals surface area contributed by atoms with Gasteiger partial charge in [-0.3, -0.25) is 4.79 Å². The molecule has 0 N–H and O–H groups in total. The van der Waals surface area contributed by atoms with Crippen molar-refractivity contribution in [3.63, 3.8) is 0 Å². The van der Waals surface area contributed by atoms with Gasteiger partial charge in [-0.1, -0.05) is 62.4 Å². The summed E-state index contributed by atoms with van der Waals surface area (Å²) in [6.45, 7) is 6.87. The number of hydrogen-bond donors (Lipinski definition) is 0. The van der Waals surface area contributed by atoms with Crippen LogP contribution in [-0.2, 0) is 19.3 Å². The van der Waals surface area contributed by atoms with Crippen molar-refractivity contribution in [1.29, 1.82) is 0 Å². The van der Waals surface area contributed by atoms with Crippen LogP contribution in [0.2, 0.25) is 0 Å². The summed E-state index contributed by atoms with van der Waals surface area (Å²) >= 11 is 0. The first-order chi connectivity index (χ1) is 13.7. The molecule has 2 aromatic carbocycles. The SMILES string of the molecule is CCCN(CCC)C1CCc2cccc(C(=O)CCCc3ccccc3)c2C1. The summed E-state index contributed by atoms with van der Waals surface area (Å²) < 4.78 is 0. The molecule has 1 atom stereocenters. The minimum Gasteiger partial charge on any atom is -0.300 e. The fourth-order valence-electron chi connectivity index (χ4n) is 4.63. The average molecular weight is 378 g/mol. The number of hydrogen-bond acceptors (Lipinski definition) is 2. The molecule has 0 fully saturated rings. The lowest BCUT2D eigenvalue weighted by atomic mass is 9.83. The van der Waals surface area contributed by atoms with Gasteiger partial charge >= 0.3 is 0 Å². The summed E-state index contributed by atoms with van der Waals surface area (Å²) in [4.78, 5) is 15.7. The third kappa shape index (κ3) is 5.32. The second-order valence-corrected chi connectivity index (χ2v) is 8.14. The summed E-state index contributed by atoms with van der Waals surface area (Å²) in [5.74, 6) is 0.325. The van der Waals surface area contributed by atoms with Crippen molar-refractivity contribution in [2.75, 3.05) is 13.1 Å². The first-order valence-corrected chi connectivity index (χ1v) is 11.1. The minimum absolute atomic E-state index is 0.325. The van der Waals surface area contributed by atoms with E-state index in [1.54, 1.807) is 0 Å². The van der Waals surface area contributed by atoms with Crippen molar-refractivity contribution < 1.29 is 4.79 Å². The van der Waals surface area contributed by atoms with Gasteiger partial charge in [-0.25, -0.2) is 0 Å². The van der Waals surface area contributed by atoms with Gasteiger partial charge in [-0.15, -0.1) is 0 Å². The summed E-state index contributed by atoms with van der Waals surface area (Å²) in [5, 5.41) is 0. The van der Waals surface area contributed by atoms with E-state index >= 15 is 0 Å². The van der Waals surface area contributed by atoms with Crippen LogP contribution in [0.1, 0.15) is 73.0 Å². The van der Waals surface area contributed by atoms with E-state index in [2.05, 4.69) is 61.2 Å². The Morgan fingerprint density at radius 2 is 1.75 bits per heavy atom. The van der Waals surface area contributed by atoms with Gasteiger partial charge in [0.15, 0.2) is 5.78 Å². The third-order valence-corrected chi connectivity index (χ3v) is 6.01. The molecule has 1 unspecified atom stereocenters. The molecule has 2 aromatic rings. The largest absolute Gasteiger partial charge is 0.300 e. The standard InChI is InChI=1S/C26H35NO/c1-3-18-27(19-4-2)23-17-16-22-13-9-14-24(25(22)20-23)26(28)15-8-12-21-10-6-5-7-11-21/h5-7,9-11,13-14,23H,3-4,8,12,15-20H2,1-2H3. The zero-order chi connectivity index (χ0) is 19.8. The lowest BCUT2D eigenvalue weighted by Crippen LogP contribution is -2.40. The molecule has 1 aliphatic rings. The van der Waals surface area contributed by atoms with Crippen LogP contribution in [0.3, 0.4) is 0 Å². The Bertz CT molecular complexity index is 746. The van der Waals surface area contributed by atoms with E-state index in [1.807, 2.05) is 6.07 Å². The third-order valence-electron chi connectivity index (χ3n) is 6.01. The molecule has 0 radical (unpaired) electrons. The molecule has 0 heterocycles. The molecule has 3 rings (SSSR count). The van der Waals surface area contributed by atoms with E-state index in [0.29, 0.717) is 18.2 Å². The van der Waals surface area contributed by atoms with Gasteiger partial charge in [0.25, 0.3) is 0 Å². The molecule has 0 spiro atoms. The van der Waals surface area contributed by atoms with Crippen molar-refractivity contribution in [2.45, 2.75) is 71.3 Å². The van der Waals surface area contributed by atoms with Crippen molar-refractivity contribution in [2.24, 2.45) is 0 Å². The molecule has 0 amide bonds. The fraction of sp³-hybridized carbons (Fsp3) is 0.500. The van der Waals surface area contributed by atoms with Crippen LogP contribution < -0.4 is 0 Å². The minimum atomic E-state index is 0.325. The van der Waals surface area contributed by atoms with Crippen LogP contribution in [-0.4, -0.2) is 29.8 Å². The number of nitrogens with zero attached hydrogens (tertiary/aromatic N) is 1. The van der Waals surface area contributed by atoms with E-state index in [0.717, 1.165) is 31.2 Å². The first-order valence-electron chi connectivity index (χ1n) is 11.1. The highest BCUT2D eigenvalue weighted by atomic mass is 16.1. The predicted octanol–water partition coefficient (Wildman–Crippen LogP) is 5.87. The van der Waals surface area contributed by atoms with E-state index in [4.69, 9.17) is 0 Å². The van der Waals surface area contributed by atoms with Crippen LogP contribution in [0.15, 0.2) is 48.5 Å². The number of carbonyl (C=O) groups is 1. The molecule has 150 valence electrons. The van der Waals surface area contributed by atoms with Gasteiger partial charge in [-0.2, -0.15) is 0 Å². The molecule has 0 saturated heterocycles.